The molecule has 0 radical (unpaired) electrons. The molecule has 0 spiro atoms. The number of methoxy groups -OCH3 is 1. The van der Waals surface area contributed by atoms with Gasteiger partial charge in [-0.3, -0.25) is 9.36 Å². The number of benzene rings is 1. The normalized spacial score (nSPS) is 22.0. The number of halogens is 1. The first-order chi connectivity index (χ1) is 24.9. The summed E-state index contributed by atoms with van der Waals surface area (Å²) in [6.45, 7) is 7.68. The first kappa shape index (κ1) is 33.8. The van der Waals surface area contributed by atoms with E-state index >= 15 is 4.39 Å². The predicted octanol–water partition coefficient (Wildman–Crippen LogP) is 5.71. The van der Waals surface area contributed by atoms with Gasteiger partial charge in [0.1, 0.15) is 29.7 Å². The number of rotatable bonds is 10. The summed E-state index contributed by atoms with van der Waals surface area (Å²) < 4.78 is 23.3. The van der Waals surface area contributed by atoms with Gasteiger partial charge in [0.25, 0.3) is 5.91 Å². The third-order valence-corrected chi connectivity index (χ3v) is 11.9. The van der Waals surface area contributed by atoms with Crippen LogP contribution in [-0.2, 0) is 0 Å². The minimum atomic E-state index is -0.644. The monoisotopic (exact) mass is 696 g/mol. The lowest BCUT2D eigenvalue weighted by molar-refractivity contribution is 0.0753. The molecule has 3 aromatic rings. The standard InChI is InChI=1S/C38H49FN10O2/c1-3-32-35-31(20-40)42-23-48(35)33-21-41-38(45-36(33)49(32)27-6-4-5-7-27)44-30-19-29(39)28(18-34(30)51-2)37(50)43-25-10-16-47(17-11-25)26-12-14-46(15-13-26)22-24-8-9-24/h18-19,21,23-27,32H,3-17,22H2,1-2H3,(H,43,50)(H,41,44,45). The van der Waals surface area contributed by atoms with Crippen molar-refractivity contribution in [3.8, 4) is 17.5 Å². The van der Waals surface area contributed by atoms with Gasteiger partial charge in [0, 0.05) is 43.8 Å². The Morgan fingerprint density at radius 1 is 1.02 bits per heavy atom. The highest BCUT2D eigenvalue weighted by molar-refractivity contribution is 5.96. The number of nitrogens with zero attached hydrogens (tertiary/aromatic N) is 8. The topological polar surface area (TPSA) is 127 Å². The fourth-order valence-corrected chi connectivity index (χ4v) is 8.94. The van der Waals surface area contributed by atoms with Gasteiger partial charge in [0.05, 0.1) is 36.3 Å². The van der Waals surface area contributed by atoms with Crippen molar-refractivity contribution < 1.29 is 13.9 Å². The molecule has 5 aliphatic rings. The van der Waals surface area contributed by atoms with Gasteiger partial charge in [-0.25, -0.2) is 14.4 Å². The average Bonchev–Trinajstić information content (AvgIpc) is 3.60. The van der Waals surface area contributed by atoms with Crippen LogP contribution in [0.3, 0.4) is 0 Å². The van der Waals surface area contributed by atoms with Crippen molar-refractivity contribution in [3.05, 3.63) is 47.4 Å². The second-order valence-electron chi connectivity index (χ2n) is 15.0. The third kappa shape index (κ3) is 6.76. The molecule has 1 atom stereocenters. The molecule has 0 bridgehead atoms. The molecule has 3 aliphatic heterocycles. The summed E-state index contributed by atoms with van der Waals surface area (Å²) in [6, 6.07) is 5.84. The maximum absolute atomic E-state index is 15.7. The minimum Gasteiger partial charge on any atom is -0.495 e. The van der Waals surface area contributed by atoms with Crippen LogP contribution in [0.2, 0.25) is 0 Å². The molecule has 5 heterocycles. The zero-order valence-corrected chi connectivity index (χ0v) is 29.8. The Labute approximate surface area is 299 Å². The lowest BCUT2D eigenvalue weighted by atomic mass is 9.97. The molecular weight excluding hydrogens is 647 g/mol. The molecule has 2 N–H and O–H groups in total. The number of nitriles is 1. The van der Waals surface area contributed by atoms with Crippen molar-refractivity contribution in [2.24, 2.45) is 5.92 Å². The predicted molar refractivity (Wildman–Crippen MR) is 192 cm³/mol. The molecule has 51 heavy (non-hydrogen) atoms. The van der Waals surface area contributed by atoms with E-state index in [4.69, 9.17) is 9.72 Å². The summed E-state index contributed by atoms with van der Waals surface area (Å²) in [5.74, 6) is 1.22. The summed E-state index contributed by atoms with van der Waals surface area (Å²) in [4.78, 5) is 34.9. The van der Waals surface area contributed by atoms with Gasteiger partial charge in [-0.1, -0.05) is 19.8 Å². The van der Waals surface area contributed by atoms with Crippen molar-refractivity contribution in [2.45, 2.75) is 102 Å². The fraction of sp³-hybridized carbons (Fsp3) is 0.605. The van der Waals surface area contributed by atoms with Gasteiger partial charge < -0.3 is 30.1 Å². The van der Waals surface area contributed by atoms with Gasteiger partial charge in [-0.05, 0) is 82.9 Å². The molecule has 270 valence electrons. The summed E-state index contributed by atoms with van der Waals surface area (Å²) >= 11 is 0. The molecule has 2 aliphatic carbocycles. The maximum atomic E-state index is 15.7. The van der Waals surface area contributed by atoms with E-state index in [0.29, 0.717) is 23.2 Å². The highest BCUT2D eigenvalue weighted by Crippen LogP contribution is 2.45. The number of piperidine rings is 2. The van der Waals surface area contributed by atoms with Gasteiger partial charge in [0.15, 0.2) is 11.5 Å². The number of fused-ring (bicyclic) bond motifs is 3. The van der Waals surface area contributed by atoms with Crippen LogP contribution in [0.1, 0.15) is 105 Å². The number of hydrogen-bond acceptors (Lipinski definition) is 10. The van der Waals surface area contributed by atoms with Gasteiger partial charge in [0.2, 0.25) is 5.95 Å². The number of nitrogens with one attached hydrogen (secondary N) is 2. The summed E-state index contributed by atoms with van der Waals surface area (Å²) in [5, 5.41) is 16.1. The quantitative estimate of drug-likeness (QED) is 0.272. The van der Waals surface area contributed by atoms with E-state index in [1.165, 1.54) is 64.6 Å². The van der Waals surface area contributed by atoms with Crippen LogP contribution in [0.4, 0.5) is 21.8 Å². The number of likely N-dealkylation sites (tertiary alicyclic amines) is 2. The van der Waals surface area contributed by atoms with Crippen LogP contribution >= 0.6 is 0 Å². The third-order valence-electron chi connectivity index (χ3n) is 11.9. The Bertz CT molecular complexity index is 1780. The van der Waals surface area contributed by atoms with Crippen molar-refractivity contribution in [1.82, 2.24) is 34.6 Å². The lowest BCUT2D eigenvalue weighted by Gasteiger charge is -2.42. The number of carbonyl (C=O) groups excluding carboxylic acids is 1. The van der Waals surface area contributed by atoms with Crippen LogP contribution in [-0.4, -0.2) is 93.2 Å². The average molecular weight is 697 g/mol. The lowest BCUT2D eigenvalue weighted by Crippen LogP contribution is -2.51. The van der Waals surface area contributed by atoms with E-state index in [0.717, 1.165) is 81.2 Å². The smallest absolute Gasteiger partial charge is 0.254 e. The Morgan fingerprint density at radius 2 is 1.78 bits per heavy atom. The molecule has 1 amide bonds. The zero-order chi connectivity index (χ0) is 35.1. The van der Waals surface area contributed by atoms with Crippen molar-refractivity contribution in [1.29, 1.82) is 5.26 Å². The molecular formula is C38H49FN10O2. The van der Waals surface area contributed by atoms with Gasteiger partial charge in [-0.2, -0.15) is 10.2 Å². The number of amides is 1. The Hall–Kier alpha value is -4.28. The zero-order valence-electron chi connectivity index (χ0n) is 29.8. The number of carbonyl (C=O) groups is 1. The van der Waals surface area contributed by atoms with Crippen LogP contribution in [0.15, 0.2) is 24.7 Å². The van der Waals surface area contributed by atoms with Crippen molar-refractivity contribution >= 4 is 23.4 Å². The van der Waals surface area contributed by atoms with Crippen LogP contribution in [0.5, 0.6) is 5.75 Å². The minimum absolute atomic E-state index is 0.00538. The van der Waals surface area contributed by atoms with E-state index in [9.17, 15) is 10.1 Å². The highest BCUT2D eigenvalue weighted by Gasteiger charge is 2.39. The first-order valence-corrected chi connectivity index (χ1v) is 19.0. The largest absolute Gasteiger partial charge is 0.495 e. The molecule has 1 aromatic carbocycles. The second kappa shape index (κ2) is 14.4. The summed E-state index contributed by atoms with van der Waals surface area (Å²) in [5.41, 5.74) is 2.32. The summed E-state index contributed by atoms with van der Waals surface area (Å²) in [6.07, 6.45) is 15.5. The molecule has 2 saturated carbocycles. The van der Waals surface area contributed by atoms with E-state index < -0.39 is 11.7 Å². The van der Waals surface area contributed by atoms with Crippen LogP contribution in [0.25, 0.3) is 5.69 Å². The van der Waals surface area contributed by atoms with E-state index in [-0.39, 0.29) is 29.6 Å². The fourth-order valence-electron chi connectivity index (χ4n) is 8.94. The van der Waals surface area contributed by atoms with E-state index in [1.54, 1.807) is 12.5 Å². The number of anilines is 3. The summed E-state index contributed by atoms with van der Waals surface area (Å²) in [7, 11) is 1.50. The Balaban J connectivity index is 0.949. The van der Waals surface area contributed by atoms with Crippen LogP contribution < -0.4 is 20.3 Å². The molecule has 8 rings (SSSR count). The first-order valence-electron chi connectivity index (χ1n) is 19.0. The molecule has 2 aromatic heterocycles. The Morgan fingerprint density at radius 3 is 2.47 bits per heavy atom. The molecule has 13 heteroatoms. The van der Waals surface area contributed by atoms with Crippen molar-refractivity contribution in [2.75, 3.05) is 50.1 Å². The molecule has 1 unspecified atom stereocenters. The molecule has 12 nitrogen and oxygen atoms in total. The van der Waals surface area contributed by atoms with E-state index in [2.05, 4.69) is 48.3 Å². The van der Waals surface area contributed by atoms with Crippen LogP contribution in [0, 0.1) is 23.1 Å². The highest BCUT2D eigenvalue weighted by atomic mass is 19.1. The number of imidazole rings is 1. The van der Waals surface area contributed by atoms with E-state index in [1.807, 2.05) is 4.57 Å². The SMILES string of the molecule is CCC1c2c(C#N)ncn2-c2cnc(Nc3cc(F)c(C(=O)NC4CCN(C5CCN(CC6CC6)CC5)CC4)cc3OC)nc2N1C1CCCC1. The maximum Gasteiger partial charge on any atom is 0.254 e. The number of ether oxygens (including phenoxy) is 1. The van der Waals surface area contributed by atoms with Gasteiger partial charge in [-0.15, -0.1) is 0 Å². The number of hydrogen-bond donors (Lipinski definition) is 2. The Kier molecular flexibility index (Phi) is 9.55. The second-order valence-corrected chi connectivity index (χ2v) is 15.0. The van der Waals surface area contributed by atoms with Gasteiger partial charge >= 0.3 is 0 Å². The molecule has 4 fully saturated rings. The molecule has 2 saturated heterocycles. The van der Waals surface area contributed by atoms with Crippen molar-refractivity contribution in [3.63, 3.8) is 0 Å². The number of aromatic nitrogens is 4.